The van der Waals surface area contributed by atoms with Gasteiger partial charge in [0, 0.05) is 15.8 Å². The standard InChI is InChI=1S/C16H21NS/c1-3-8-14(17-4-2)16-12-11-15(18-16)13-9-6-5-7-10-13/h5-7,9-12,14,17H,3-4,8H2,1-2H3. The second-order valence-electron chi connectivity index (χ2n) is 4.47. The molecule has 1 unspecified atom stereocenters. The van der Waals surface area contributed by atoms with Crippen molar-refractivity contribution in [2.75, 3.05) is 6.54 Å². The molecule has 1 aromatic heterocycles. The fraction of sp³-hybridized carbons (Fsp3) is 0.375. The summed E-state index contributed by atoms with van der Waals surface area (Å²) in [7, 11) is 0. The minimum atomic E-state index is 0.516. The van der Waals surface area contributed by atoms with Crippen LogP contribution in [0.3, 0.4) is 0 Å². The smallest absolute Gasteiger partial charge is 0.0414 e. The maximum absolute atomic E-state index is 3.58. The second-order valence-corrected chi connectivity index (χ2v) is 5.58. The van der Waals surface area contributed by atoms with E-state index in [4.69, 9.17) is 0 Å². The van der Waals surface area contributed by atoms with E-state index in [1.807, 2.05) is 11.3 Å². The maximum Gasteiger partial charge on any atom is 0.0414 e. The Hall–Kier alpha value is -1.12. The van der Waals surface area contributed by atoms with E-state index in [0.717, 1.165) is 6.54 Å². The molecule has 1 heterocycles. The molecule has 0 amide bonds. The summed E-state index contributed by atoms with van der Waals surface area (Å²) in [5.74, 6) is 0. The summed E-state index contributed by atoms with van der Waals surface area (Å²) in [6.45, 7) is 5.45. The highest BCUT2D eigenvalue weighted by Gasteiger charge is 2.12. The lowest BCUT2D eigenvalue weighted by molar-refractivity contribution is 0.516. The van der Waals surface area contributed by atoms with E-state index in [2.05, 4.69) is 61.6 Å². The molecule has 18 heavy (non-hydrogen) atoms. The predicted octanol–water partition coefficient (Wildman–Crippen LogP) is 4.87. The summed E-state index contributed by atoms with van der Waals surface area (Å²) in [6.07, 6.45) is 2.43. The summed E-state index contributed by atoms with van der Waals surface area (Å²) in [6, 6.07) is 15.7. The second kappa shape index (κ2) is 6.72. The molecule has 0 aliphatic rings. The Morgan fingerprint density at radius 3 is 2.50 bits per heavy atom. The molecule has 2 aromatic rings. The predicted molar refractivity (Wildman–Crippen MR) is 81.1 cm³/mol. The fourth-order valence-electron chi connectivity index (χ4n) is 2.18. The summed E-state index contributed by atoms with van der Waals surface area (Å²) in [5, 5.41) is 3.58. The Morgan fingerprint density at radius 2 is 1.83 bits per heavy atom. The van der Waals surface area contributed by atoms with Crippen molar-refractivity contribution in [3.63, 3.8) is 0 Å². The molecule has 1 N–H and O–H groups in total. The van der Waals surface area contributed by atoms with Crippen LogP contribution in [0.25, 0.3) is 10.4 Å². The van der Waals surface area contributed by atoms with Crippen LogP contribution in [0.2, 0.25) is 0 Å². The van der Waals surface area contributed by atoms with E-state index in [1.165, 1.54) is 28.2 Å². The lowest BCUT2D eigenvalue weighted by atomic mass is 10.1. The van der Waals surface area contributed by atoms with Gasteiger partial charge < -0.3 is 5.32 Å². The molecule has 0 bridgehead atoms. The molecule has 0 radical (unpaired) electrons. The number of nitrogens with one attached hydrogen (secondary N) is 1. The van der Waals surface area contributed by atoms with Crippen molar-refractivity contribution in [3.8, 4) is 10.4 Å². The SMILES string of the molecule is CCCC(NCC)c1ccc(-c2ccccc2)s1. The van der Waals surface area contributed by atoms with Crippen LogP contribution in [0.1, 0.15) is 37.6 Å². The first-order valence-corrected chi connectivity index (χ1v) is 7.55. The van der Waals surface area contributed by atoms with Gasteiger partial charge in [-0.1, -0.05) is 50.6 Å². The van der Waals surface area contributed by atoms with Gasteiger partial charge in [-0.2, -0.15) is 0 Å². The molecule has 2 rings (SSSR count). The number of benzene rings is 1. The zero-order valence-corrected chi connectivity index (χ0v) is 12.0. The molecular formula is C16H21NS. The third-order valence-corrected chi connectivity index (χ3v) is 4.30. The van der Waals surface area contributed by atoms with E-state index < -0.39 is 0 Å². The maximum atomic E-state index is 3.58. The van der Waals surface area contributed by atoms with Crippen molar-refractivity contribution in [1.82, 2.24) is 5.32 Å². The molecule has 0 saturated carbocycles. The molecule has 0 saturated heterocycles. The van der Waals surface area contributed by atoms with E-state index >= 15 is 0 Å². The van der Waals surface area contributed by atoms with E-state index in [0.29, 0.717) is 6.04 Å². The van der Waals surface area contributed by atoms with Gasteiger partial charge in [-0.25, -0.2) is 0 Å². The van der Waals surface area contributed by atoms with Gasteiger partial charge in [-0.3, -0.25) is 0 Å². The van der Waals surface area contributed by atoms with Gasteiger partial charge in [0.25, 0.3) is 0 Å². The van der Waals surface area contributed by atoms with Crippen molar-refractivity contribution in [1.29, 1.82) is 0 Å². The van der Waals surface area contributed by atoms with Gasteiger partial charge in [-0.15, -0.1) is 11.3 Å². The van der Waals surface area contributed by atoms with E-state index in [1.54, 1.807) is 0 Å². The zero-order valence-electron chi connectivity index (χ0n) is 11.1. The van der Waals surface area contributed by atoms with Crippen molar-refractivity contribution >= 4 is 11.3 Å². The minimum absolute atomic E-state index is 0.516. The average Bonchev–Trinajstić information content (AvgIpc) is 2.89. The van der Waals surface area contributed by atoms with Crippen LogP contribution < -0.4 is 5.32 Å². The van der Waals surface area contributed by atoms with Gasteiger partial charge in [0.15, 0.2) is 0 Å². The Bertz CT molecular complexity index is 455. The monoisotopic (exact) mass is 259 g/mol. The molecule has 2 heteroatoms. The highest BCUT2D eigenvalue weighted by Crippen LogP contribution is 2.32. The third kappa shape index (κ3) is 3.21. The molecular weight excluding hydrogens is 238 g/mol. The van der Waals surface area contributed by atoms with Crippen molar-refractivity contribution in [2.24, 2.45) is 0 Å². The van der Waals surface area contributed by atoms with Crippen LogP contribution in [-0.2, 0) is 0 Å². The highest BCUT2D eigenvalue weighted by atomic mass is 32.1. The van der Waals surface area contributed by atoms with Crippen molar-refractivity contribution < 1.29 is 0 Å². The van der Waals surface area contributed by atoms with Crippen molar-refractivity contribution in [3.05, 3.63) is 47.3 Å². The number of thiophene rings is 1. The number of rotatable bonds is 6. The summed E-state index contributed by atoms with van der Waals surface area (Å²) >= 11 is 1.91. The van der Waals surface area contributed by atoms with Gasteiger partial charge in [0.2, 0.25) is 0 Å². The Balaban J connectivity index is 2.18. The van der Waals surface area contributed by atoms with Gasteiger partial charge >= 0.3 is 0 Å². The average molecular weight is 259 g/mol. The largest absolute Gasteiger partial charge is 0.310 e. The van der Waals surface area contributed by atoms with Crippen LogP contribution in [0.5, 0.6) is 0 Å². The molecule has 0 fully saturated rings. The van der Waals surface area contributed by atoms with Crippen LogP contribution in [0.15, 0.2) is 42.5 Å². The lowest BCUT2D eigenvalue weighted by Crippen LogP contribution is -2.19. The molecule has 1 atom stereocenters. The molecule has 1 aromatic carbocycles. The van der Waals surface area contributed by atoms with Crippen LogP contribution in [0.4, 0.5) is 0 Å². The van der Waals surface area contributed by atoms with Crippen molar-refractivity contribution in [2.45, 2.75) is 32.7 Å². The van der Waals surface area contributed by atoms with E-state index in [9.17, 15) is 0 Å². The topological polar surface area (TPSA) is 12.0 Å². The van der Waals surface area contributed by atoms with E-state index in [-0.39, 0.29) is 0 Å². The third-order valence-electron chi connectivity index (χ3n) is 3.06. The first kappa shape index (κ1) is 13.3. The normalized spacial score (nSPS) is 12.6. The molecule has 0 aliphatic carbocycles. The Kier molecular flexibility index (Phi) is 4.97. The van der Waals surface area contributed by atoms with Crippen LogP contribution in [0, 0.1) is 0 Å². The summed E-state index contributed by atoms with van der Waals surface area (Å²) in [4.78, 5) is 2.82. The fourth-order valence-corrected chi connectivity index (χ4v) is 3.30. The minimum Gasteiger partial charge on any atom is -0.310 e. The molecule has 0 aliphatic heterocycles. The first-order valence-electron chi connectivity index (χ1n) is 6.73. The highest BCUT2D eigenvalue weighted by molar-refractivity contribution is 7.15. The zero-order chi connectivity index (χ0) is 12.8. The number of hydrogen-bond acceptors (Lipinski definition) is 2. The Labute approximate surface area is 114 Å². The molecule has 1 nitrogen and oxygen atoms in total. The van der Waals surface area contributed by atoms with Gasteiger partial charge in [0.05, 0.1) is 0 Å². The molecule has 96 valence electrons. The number of hydrogen-bond donors (Lipinski definition) is 1. The van der Waals surface area contributed by atoms with Crippen LogP contribution >= 0.6 is 11.3 Å². The first-order chi connectivity index (χ1) is 8.85. The molecule has 0 spiro atoms. The van der Waals surface area contributed by atoms with Crippen LogP contribution in [-0.4, -0.2) is 6.54 Å². The Morgan fingerprint density at radius 1 is 1.06 bits per heavy atom. The van der Waals surface area contributed by atoms with Gasteiger partial charge in [-0.05, 0) is 30.7 Å². The lowest BCUT2D eigenvalue weighted by Gasteiger charge is -2.14. The summed E-state index contributed by atoms with van der Waals surface area (Å²) in [5.41, 5.74) is 1.32. The quantitative estimate of drug-likeness (QED) is 0.780. The summed E-state index contributed by atoms with van der Waals surface area (Å²) < 4.78 is 0. The van der Waals surface area contributed by atoms with Gasteiger partial charge in [0.1, 0.15) is 0 Å².